The SMILES string of the molecule is CC(C)(C)N(C[C@H]1[C@@H]2C[C@H](N3CCC4(C3)CS(=O)(=O)C4)C[C@@H]21)/N=C(\N)c1cccc(C(F)(F)F)c1. The summed E-state index contributed by atoms with van der Waals surface area (Å²) in [5.41, 5.74) is 5.39. The molecule has 0 unspecified atom stereocenters. The Morgan fingerprint density at radius 2 is 1.86 bits per heavy atom. The van der Waals surface area contributed by atoms with Gasteiger partial charge < -0.3 is 5.73 Å². The smallest absolute Gasteiger partial charge is 0.382 e. The molecule has 194 valence electrons. The minimum atomic E-state index is -4.43. The Labute approximate surface area is 205 Å². The van der Waals surface area contributed by atoms with Gasteiger partial charge >= 0.3 is 6.18 Å². The van der Waals surface area contributed by atoms with Gasteiger partial charge in [0.05, 0.1) is 17.1 Å². The van der Waals surface area contributed by atoms with E-state index in [1.807, 2.05) is 25.8 Å². The molecule has 2 aliphatic carbocycles. The molecule has 2 aliphatic heterocycles. The molecule has 2 heterocycles. The van der Waals surface area contributed by atoms with Crippen LogP contribution in [0, 0.1) is 23.2 Å². The molecule has 0 amide bonds. The lowest BCUT2D eigenvalue weighted by Crippen LogP contribution is -2.50. The van der Waals surface area contributed by atoms with Crippen LogP contribution in [0.25, 0.3) is 0 Å². The number of hydrogen-bond acceptors (Lipinski definition) is 5. The van der Waals surface area contributed by atoms with Crippen LogP contribution in [-0.4, -0.2) is 66.9 Å². The van der Waals surface area contributed by atoms with Gasteiger partial charge in [-0.1, -0.05) is 12.1 Å². The Hall–Kier alpha value is -1.81. The van der Waals surface area contributed by atoms with Crippen LogP contribution in [-0.2, 0) is 16.0 Å². The maximum atomic E-state index is 13.1. The van der Waals surface area contributed by atoms with E-state index in [0.717, 1.165) is 51.0 Å². The van der Waals surface area contributed by atoms with E-state index in [2.05, 4.69) is 10.0 Å². The second-order valence-electron chi connectivity index (χ2n) is 12.2. The third-order valence-electron chi connectivity index (χ3n) is 8.51. The van der Waals surface area contributed by atoms with Crippen LogP contribution < -0.4 is 5.73 Å². The first-order chi connectivity index (χ1) is 16.2. The van der Waals surface area contributed by atoms with Crippen molar-refractivity contribution in [3.63, 3.8) is 0 Å². The highest BCUT2D eigenvalue weighted by molar-refractivity contribution is 7.92. The zero-order chi connectivity index (χ0) is 25.4. The Balaban J connectivity index is 1.20. The average Bonchev–Trinajstić information content (AvgIpc) is 3.07. The molecule has 0 radical (unpaired) electrons. The molecule has 4 aliphatic rings. The molecule has 1 spiro atoms. The lowest BCUT2D eigenvalue weighted by atomic mass is 9.91. The van der Waals surface area contributed by atoms with Gasteiger partial charge in [0.15, 0.2) is 15.7 Å². The number of benzene rings is 1. The molecule has 2 saturated carbocycles. The number of rotatable bonds is 5. The summed E-state index contributed by atoms with van der Waals surface area (Å²) in [7, 11) is -2.81. The van der Waals surface area contributed by atoms with E-state index in [4.69, 9.17) is 5.73 Å². The fourth-order valence-electron chi connectivity index (χ4n) is 6.63. The van der Waals surface area contributed by atoms with Crippen molar-refractivity contribution in [1.82, 2.24) is 9.91 Å². The third-order valence-corrected chi connectivity index (χ3v) is 10.6. The lowest BCUT2D eigenvalue weighted by Gasteiger charge is -2.38. The summed E-state index contributed by atoms with van der Waals surface area (Å²) in [5.74, 6) is 2.54. The number of nitrogens with zero attached hydrogens (tertiary/aromatic N) is 3. The van der Waals surface area contributed by atoms with Crippen molar-refractivity contribution in [1.29, 1.82) is 0 Å². The molecule has 0 aromatic heterocycles. The molecule has 2 saturated heterocycles. The van der Waals surface area contributed by atoms with Crippen LogP contribution in [0.1, 0.15) is 51.2 Å². The van der Waals surface area contributed by atoms with Crippen LogP contribution in [0.3, 0.4) is 0 Å². The predicted molar refractivity (Wildman–Crippen MR) is 129 cm³/mol. The van der Waals surface area contributed by atoms with Crippen molar-refractivity contribution < 1.29 is 21.6 Å². The number of halogens is 3. The predicted octanol–water partition coefficient (Wildman–Crippen LogP) is 3.57. The lowest BCUT2D eigenvalue weighted by molar-refractivity contribution is -0.137. The van der Waals surface area contributed by atoms with E-state index in [0.29, 0.717) is 35.3 Å². The standard InChI is InChI=1S/C25H35F3N4O2S/c1-23(2,3)32(30-22(29)16-5-4-6-17(9-16)25(26,27)28)12-21-19-10-18(11-20(19)21)31-8-7-24(13-31)14-35(33,34)15-24/h4-6,9,18-21H,7-8,10-15H2,1-3H3,(H2,29,30)/t18-,19+,20-,21-. The van der Waals surface area contributed by atoms with E-state index in [9.17, 15) is 21.6 Å². The molecule has 1 aromatic carbocycles. The monoisotopic (exact) mass is 512 g/mol. The number of likely N-dealkylation sites (tertiary alicyclic amines) is 1. The first-order valence-electron chi connectivity index (χ1n) is 12.4. The normalized spacial score (nSPS) is 31.9. The highest BCUT2D eigenvalue weighted by Gasteiger charge is 2.60. The van der Waals surface area contributed by atoms with Crippen LogP contribution in [0.15, 0.2) is 29.4 Å². The molecule has 10 heteroatoms. The summed E-state index contributed by atoms with van der Waals surface area (Å²) in [6.45, 7) is 8.74. The van der Waals surface area contributed by atoms with Crippen LogP contribution in [0.5, 0.6) is 0 Å². The molecule has 2 N–H and O–H groups in total. The molecule has 4 atom stereocenters. The Morgan fingerprint density at radius 1 is 1.20 bits per heavy atom. The molecular formula is C25H35F3N4O2S. The topological polar surface area (TPSA) is 79.0 Å². The van der Waals surface area contributed by atoms with E-state index in [1.165, 1.54) is 6.07 Å². The van der Waals surface area contributed by atoms with Crippen LogP contribution in [0.2, 0.25) is 0 Å². The van der Waals surface area contributed by atoms with E-state index in [-0.39, 0.29) is 22.4 Å². The average molecular weight is 513 g/mol. The maximum Gasteiger partial charge on any atom is 0.416 e. The summed E-state index contributed by atoms with van der Waals surface area (Å²) in [4.78, 5) is 2.52. The van der Waals surface area contributed by atoms with Crippen molar-refractivity contribution in [2.24, 2.45) is 34.0 Å². The zero-order valence-corrected chi connectivity index (χ0v) is 21.4. The van der Waals surface area contributed by atoms with Gasteiger partial charge in [0.2, 0.25) is 0 Å². The van der Waals surface area contributed by atoms with E-state index in [1.54, 1.807) is 6.07 Å². The van der Waals surface area contributed by atoms with Gasteiger partial charge in [-0.25, -0.2) is 8.42 Å². The third kappa shape index (κ3) is 4.92. The number of hydrazone groups is 1. The maximum absolute atomic E-state index is 13.1. The van der Waals surface area contributed by atoms with Crippen molar-refractivity contribution in [2.45, 2.75) is 57.8 Å². The summed E-state index contributed by atoms with van der Waals surface area (Å²) in [5, 5.41) is 6.52. The minimum Gasteiger partial charge on any atom is -0.382 e. The quantitative estimate of drug-likeness (QED) is 0.371. The molecule has 35 heavy (non-hydrogen) atoms. The van der Waals surface area contributed by atoms with Crippen molar-refractivity contribution in [2.75, 3.05) is 31.1 Å². The van der Waals surface area contributed by atoms with Crippen LogP contribution >= 0.6 is 0 Å². The highest BCUT2D eigenvalue weighted by atomic mass is 32.2. The largest absolute Gasteiger partial charge is 0.416 e. The minimum absolute atomic E-state index is 0.00368. The summed E-state index contributed by atoms with van der Waals surface area (Å²) < 4.78 is 62.7. The van der Waals surface area contributed by atoms with Gasteiger partial charge in [-0.3, -0.25) is 9.91 Å². The number of alkyl halides is 3. The number of sulfone groups is 1. The van der Waals surface area contributed by atoms with Gasteiger partial charge in [0.1, 0.15) is 0 Å². The van der Waals surface area contributed by atoms with Crippen molar-refractivity contribution in [3.8, 4) is 0 Å². The highest BCUT2D eigenvalue weighted by Crippen LogP contribution is 2.60. The molecule has 0 bridgehead atoms. The van der Waals surface area contributed by atoms with Crippen LogP contribution in [0.4, 0.5) is 13.2 Å². The van der Waals surface area contributed by atoms with Crippen molar-refractivity contribution in [3.05, 3.63) is 35.4 Å². The molecule has 1 aromatic rings. The Morgan fingerprint density at radius 3 is 2.43 bits per heavy atom. The number of fused-ring (bicyclic) bond motifs is 1. The number of nitrogens with two attached hydrogens (primary N) is 1. The second kappa shape index (κ2) is 8.10. The van der Waals surface area contributed by atoms with E-state index < -0.39 is 21.6 Å². The fourth-order valence-corrected chi connectivity index (χ4v) is 8.88. The van der Waals surface area contributed by atoms with Gasteiger partial charge in [-0.2, -0.15) is 18.3 Å². The molecule has 6 nitrogen and oxygen atoms in total. The Kier molecular flexibility index (Phi) is 5.75. The molecule has 4 fully saturated rings. The number of amidine groups is 1. The second-order valence-corrected chi connectivity index (χ2v) is 14.3. The molecule has 5 rings (SSSR count). The van der Waals surface area contributed by atoms with Gasteiger partial charge in [-0.15, -0.1) is 0 Å². The van der Waals surface area contributed by atoms with E-state index >= 15 is 0 Å². The summed E-state index contributed by atoms with van der Waals surface area (Å²) in [6, 6.07) is 5.53. The number of hydrogen-bond donors (Lipinski definition) is 1. The van der Waals surface area contributed by atoms with Gasteiger partial charge in [-0.05, 0) is 76.5 Å². The summed E-state index contributed by atoms with van der Waals surface area (Å²) >= 11 is 0. The first-order valence-corrected chi connectivity index (χ1v) is 14.2. The van der Waals surface area contributed by atoms with Gasteiger partial charge in [0, 0.05) is 35.6 Å². The molecular weight excluding hydrogens is 477 g/mol. The fraction of sp³-hybridized carbons (Fsp3) is 0.720. The Bertz CT molecular complexity index is 1100. The summed E-state index contributed by atoms with van der Waals surface area (Å²) in [6.07, 6.45) is -1.18. The van der Waals surface area contributed by atoms with Gasteiger partial charge in [0.25, 0.3) is 0 Å². The zero-order valence-electron chi connectivity index (χ0n) is 20.6. The van der Waals surface area contributed by atoms with Crippen molar-refractivity contribution >= 4 is 15.7 Å². The first kappa shape index (κ1) is 24.9.